The molecule has 0 aliphatic heterocycles. The zero-order valence-corrected chi connectivity index (χ0v) is 13.6. The molecule has 0 radical (unpaired) electrons. The summed E-state index contributed by atoms with van der Waals surface area (Å²) in [4.78, 5) is 2.45. The molecule has 0 amide bonds. The maximum Gasteiger partial charge on any atom is 0.0396 e. The first-order valence-corrected chi connectivity index (χ1v) is 7.60. The fourth-order valence-electron chi connectivity index (χ4n) is 2.79. The van der Waals surface area contributed by atoms with Gasteiger partial charge in [0.15, 0.2) is 0 Å². The zero-order valence-electron chi connectivity index (χ0n) is 13.6. The van der Waals surface area contributed by atoms with Gasteiger partial charge >= 0.3 is 0 Å². The Bertz CT molecular complexity index is 585. The van der Waals surface area contributed by atoms with Gasteiger partial charge in [0.2, 0.25) is 0 Å². The smallest absolute Gasteiger partial charge is 0.0396 e. The van der Waals surface area contributed by atoms with Crippen molar-refractivity contribution in [2.75, 3.05) is 23.7 Å². The molecule has 0 unspecified atom stereocenters. The van der Waals surface area contributed by atoms with Crippen molar-refractivity contribution in [3.63, 3.8) is 0 Å². The summed E-state index contributed by atoms with van der Waals surface area (Å²) in [6.07, 6.45) is 0. The Labute approximate surface area is 128 Å². The summed E-state index contributed by atoms with van der Waals surface area (Å²) < 4.78 is 0. The molecule has 2 N–H and O–H groups in total. The second kappa shape index (κ2) is 6.21. The van der Waals surface area contributed by atoms with E-state index in [-0.39, 0.29) is 5.41 Å². The molecule has 0 spiro atoms. The van der Waals surface area contributed by atoms with Crippen molar-refractivity contribution in [3.05, 3.63) is 59.7 Å². The molecular weight excluding hydrogens is 256 g/mol. The van der Waals surface area contributed by atoms with Gasteiger partial charge in [-0.25, -0.2) is 0 Å². The highest BCUT2D eigenvalue weighted by molar-refractivity contribution is 5.53. The van der Waals surface area contributed by atoms with Crippen LogP contribution in [0.15, 0.2) is 48.5 Å². The van der Waals surface area contributed by atoms with Crippen LogP contribution in [0.2, 0.25) is 0 Å². The Morgan fingerprint density at radius 2 is 1.62 bits per heavy atom. The maximum atomic E-state index is 5.80. The number of nitrogens with zero attached hydrogens (tertiary/aromatic N) is 1. The van der Waals surface area contributed by atoms with E-state index in [4.69, 9.17) is 5.73 Å². The number of rotatable bonds is 5. The summed E-state index contributed by atoms with van der Waals surface area (Å²) in [7, 11) is 0. The minimum absolute atomic E-state index is 0.0754. The summed E-state index contributed by atoms with van der Waals surface area (Å²) in [5.41, 5.74) is 10.7. The van der Waals surface area contributed by atoms with E-state index < -0.39 is 0 Å². The number of hydrogen-bond acceptors (Lipinski definition) is 2. The average Bonchev–Trinajstić information content (AvgIpc) is 2.46. The largest absolute Gasteiger partial charge is 0.399 e. The Morgan fingerprint density at radius 3 is 2.19 bits per heavy atom. The molecule has 2 heteroatoms. The van der Waals surface area contributed by atoms with Crippen LogP contribution < -0.4 is 10.6 Å². The summed E-state index contributed by atoms with van der Waals surface area (Å²) in [6, 6.07) is 16.8. The van der Waals surface area contributed by atoms with Crippen molar-refractivity contribution in [3.8, 4) is 0 Å². The van der Waals surface area contributed by atoms with Crippen molar-refractivity contribution < 1.29 is 0 Å². The number of aryl methyl sites for hydroxylation is 1. The minimum atomic E-state index is 0.0754. The topological polar surface area (TPSA) is 29.3 Å². The van der Waals surface area contributed by atoms with Crippen LogP contribution in [0.1, 0.15) is 31.9 Å². The third-order valence-corrected chi connectivity index (χ3v) is 4.12. The number of hydrogen-bond donors (Lipinski definition) is 1. The van der Waals surface area contributed by atoms with Gasteiger partial charge in [0.1, 0.15) is 0 Å². The van der Waals surface area contributed by atoms with Gasteiger partial charge in [0.25, 0.3) is 0 Å². The molecular formula is C19H26N2. The van der Waals surface area contributed by atoms with Gasteiger partial charge in [-0.05, 0) is 43.2 Å². The second-order valence-electron chi connectivity index (χ2n) is 6.31. The van der Waals surface area contributed by atoms with Crippen LogP contribution in [0.25, 0.3) is 0 Å². The first-order chi connectivity index (χ1) is 9.94. The molecule has 2 aromatic rings. The number of para-hydroxylation sites is 1. The predicted molar refractivity (Wildman–Crippen MR) is 92.9 cm³/mol. The lowest BCUT2D eigenvalue weighted by Crippen LogP contribution is -2.37. The van der Waals surface area contributed by atoms with Gasteiger partial charge in [0.05, 0.1) is 0 Å². The monoisotopic (exact) mass is 282 g/mol. The fraction of sp³-hybridized carbons (Fsp3) is 0.368. The van der Waals surface area contributed by atoms with Crippen LogP contribution in [0, 0.1) is 6.92 Å². The van der Waals surface area contributed by atoms with Gasteiger partial charge < -0.3 is 10.6 Å². The number of anilines is 2. The number of likely N-dealkylation sites (N-methyl/N-ethyl adjacent to an activating group) is 1. The van der Waals surface area contributed by atoms with Crippen LogP contribution in [-0.4, -0.2) is 13.1 Å². The average molecular weight is 282 g/mol. The van der Waals surface area contributed by atoms with E-state index in [2.05, 4.69) is 69.0 Å². The van der Waals surface area contributed by atoms with Crippen LogP contribution in [0.3, 0.4) is 0 Å². The van der Waals surface area contributed by atoms with Gasteiger partial charge in [-0.15, -0.1) is 0 Å². The van der Waals surface area contributed by atoms with Gasteiger partial charge in [-0.2, -0.15) is 0 Å². The van der Waals surface area contributed by atoms with E-state index in [0.29, 0.717) is 0 Å². The Morgan fingerprint density at radius 1 is 1.00 bits per heavy atom. The van der Waals surface area contributed by atoms with Gasteiger partial charge in [0, 0.05) is 29.9 Å². The van der Waals surface area contributed by atoms with Gasteiger partial charge in [-0.1, -0.05) is 44.2 Å². The fourth-order valence-corrected chi connectivity index (χ4v) is 2.79. The SMILES string of the molecule is CCN(CC(C)(C)c1ccc(N)cc1)c1ccccc1C. The number of nitrogens with two attached hydrogens (primary N) is 1. The Kier molecular flexibility index (Phi) is 4.56. The van der Waals surface area contributed by atoms with Crippen molar-refractivity contribution in [1.82, 2.24) is 0 Å². The highest BCUT2D eigenvalue weighted by Gasteiger charge is 2.24. The first kappa shape index (κ1) is 15.4. The van der Waals surface area contributed by atoms with E-state index in [1.54, 1.807) is 0 Å². The van der Waals surface area contributed by atoms with Crippen molar-refractivity contribution in [2.24, 2.45) is 0 Å². The third-order valence-electron chi connectivity index (χ3n) is 4.12. The molecule has 0 heterocycles. The first-order valence-electron chi connectivity index (χ1n) is 7.60. The molecule has 0 saturated heterocycles. The lowest BCUT2D eigenvalue weighted by Gasteiger charge is -2.35. The van der Waals surface area contributed by atoms with Crippen LogP contribution >= 0.6 is 0 Å². The van der Waals surface area contributed by atoms with Gasteiger partial charge in [-0.3, -0.25) is 0 Å². The lowest BCUT2D eigenvalue weighted by molar-refractivity contribution is 0.513. The van der Waals surface area contributed by atoms with E-state index in [9.17, 15) is 0 Å². The highest BCUT2D eigenvalue weighted by Crippen LogP contribution is 2.28. The minimum Gasteiger partial charge on any atom is -0.399 e. The third kappa shape index (κ3) is 3.57. The van der Waals surface area contributed by atoms with Crippen molar-refractivity contribution >= 4 is 11.4 Å². The van der Waals surface area contributed by atoms with Crippen LogP contribution in [0.5, 0.6) is 0 Å². The molecule has 0 atom stereocenters. The van der Waals surface area contributed by atoms with Crippen LogP contribution in [-0.2, 0) is 5.41 Å². The van der Waals surface area contributed by atoms with Crippen molar-refractivity contribution in [1.29, 1.82) is 0 Å². The molecule has 0 aliphatic rings. The van der Waals surface area contributed by atoms with Crippen molar-refractivity contribution in [2.45, 2.75) is 33.1 Å². The second-order valence-corrected chi connectivity index (χ2v) is 6.31. The zero-order chi connectivity index (χ0) is 15.5. The summed E-state index contributed by atoms with van der Waals surface area (Å²) >= 11 is 0. The molecule has 112 valence electrons. The van der Waals surface area contributed by atoms with E-state index in [1.165, 1.54) is 16.8 Å². The maximum absolute atomic E-state index is 5.80. The molecule has 0 saturated carbocycles. The number of nitrogen functional groups attached to an aromatic ring is 1. The van der Waals surface area contributed by atoms with E-state index in [0.717, 1.165) is 18.8 Å². The van der Waals surface area contributed by atoms with E-state index >= 15 is 0 Å². The molecule has 0 aliphatic carbocycles. The molecule has 0 fully saturated rings. The molecule has 0 bridgehead atoms. The standard InChI is InChI=1S/C19H26N2/c1-5-21(18-9-7-6-8-15(18)2)14-19(3,4)16-10-12-17(20)13-11-16/h6-13H,5,14,20H2,1-4H3. The molecule has 21 heavy (non-hydrogen) atoms. The summed E-state index contributed by atoms with van der Waals surface area (Å²) in [5.74, 6) is 0. The molecule has 0 aromatic heterocycles. The Hall–Kier alpha value is -1.96. The highest BCUT2D eigenvalue weighted by atomic mass is 15.1. The quantitative estimate of drug-likeness (QED) is 0.825. The summed E-state index contributed by atoms with van der Waals surface area (Å²) in [5, 5.41) is 0. The summed E-state index contributed by atoms with van der Waals surface area (Å²) in [6.45, 7) is 11.0. The predicted octanol–water partition coefficient (Wildman–Crippen LogP) is 4.38. The molecule has 2 nitrogen and oxygen atoms in total. The Balaban J connectivity index is 2.25. The van der Waals surface area contributed by atoms with Crippen LogP contribution in [0.4, 0.5) is 11.4 Å². The molecule has 2 rings (SSSR count). The normalized spacial score (nSPS) is 11.4. The lowest BCUT2D eigenvalue weighted by atomic mass is 9.83. The molecule has 2 aromatic carbocycles. The number of benzene rings is 2. The van der Waals surface area contributed by atoms with E-state index in [1.807, 2.05) is 12.1 Å².